The largest absolute Gasteiger partial charge is 0.489 e. The molecule has 0 fully saturated rings. The smallest absolute Gasteiger partial charge is 0.171 e. The first kappa shape index (κ1) is 18.0. The molecule has 0 aromatic heterocycles. The van der Waals surface area contributed by atoms with E-state index < -0.39 is 0 Å². The van der Waals surface area contributed by atoms with Crippen molar-refractivity contribution in [3.05, 3.63) is 76.0 Å². The van der Waals surface area contributed by atoms with Crippen molar-refractivity contribution < 1.29 is 9.53 Å². The molecule has 2 N–H and O–H groups in total. The van der Waals surface area contributed by atoms with Crippen LogP contribution in [0.15, 0.2) is 59.8 Å². The zero-order valence-corrected chi connectivity index (χ0v) is 16.2. The predicted molar refractivity (Wildman–Crippen MR) is 110 cm³/mol. The molecule has 4 nitrogen and oxygen atoms in total. The van der Waals surface area contributed by atoms with Gasteiger partial charge in [0, 0.05) is 22.7 Å². The Morgan fingerprint density at radius 2 is 2.00 bits per heavy atom. The van der Waals surface area contributed by atoms with E-state index in [-0.39, 0.29) is 11.8 Å². The highest BCUT2D eigenvalue weighted by molar-refractivity contribution is 7.80. The lowest BCUT2D eigenvalue weighted by Crippen LogP contribution is -2.46. The maximum absolute atomic E-state index is 12.5. The van der Waals surface area contributed by atoms with Crippen molar-refractivity contribution >= 4 is 34.7 Å². The average molecular weight is 399 g/mol. The Kier molecular flexibility index (Phi) is 5.14. The van der Waals surface area contributed by atoms with Crippen molar-refractivity contribution in [3.8, 4) is 5.75 Å². The molecule has 1 atom stereocenters. The number of rotatable bonds is 4. The third-order valence-electron chi connectivity index (χ3n) is 4.77. The maximum Gasteiger partial charge on any atom is 0.171 e. The lowest BCUT2D eigenvalue weighted by atomic mass is 9.85. The summed E-state index contributed by atoms with van der Waals surface area (Å²) in [5, 5.41) is 7.63. The van der Waals surface area contributed by atoms with Crippen LogP contribution in [0.25, 0.3) is 0 Å². The van der Waals surface area contributed by atoms with Gasteiger partial charge in [0.05, 0.1) is 6.04 Å². The standard InChI is InChI=1S/C21H19ClN2O2S/c22-15-6-1-4-13(10-15)12-26-16-7-2-5-14(11-16)20-19-17(23-21(27)24-20)8-3-9-18(19)25/h1-2,4-7,10-11,20H,3,8-9,12H2,(H2,23,24,27). The van der Waals surface area contributed by atoms with Crippen LogP contribution in [0.3, 0.4) is 0 Å². The topological polar surface area (TPSA) is 50.4 Å². The summed E-state index contributed by atoms with van der Waals surface area (Å²) in [6.07, 6.45) is 2.30. The van der Waals surface area contributed by atoms with E-state index in [0.717, 1.165) is 41.0 Å². The third-order valence-corrected chi connectivity index (χ3v) is 5.23. The molecule has 1 heterocycles. The van der Waals surface area contributed by atoms with Crippen molar-refractivity contribution in [2.24, 2.45) is 0 Å². The van der Waals surface area contributed by atoms with E-state index in [2.05, 4.69) is 10.6 Å². The second-order valence-corrected chi connectivity index (χ2v) is 7.54. The molecule has 0 saturated carbocycles. The van der Waals surface area contributed by atoms with Crippen LogP contribution >= 0.6 is 23.8 Å². The van der Waals surface area contributed by atoms with Gasteiger partial charge in [-0.05, 0) is 60.5 Å². The number of ketones is 1. The van der Waals surface area contributed by atoms with E-state index >= 15 is 0 Å². The zero-order chi connectivity index (χ0) is 18.8. The summed E-state index contributed by atoms with van der Waals surface area (Å²) in [5.41, 5.74) is 3.71. The number of halogens is 1. The van der Waals surface area contributed by atoms with Gasteiger partial charge in [0.25, 0.3) is 0 Å². The Morgan fingerprint density at radius 3 is 2.85 bits per heavy atom. The number of carbonyl (C=O) groups is 1. The number of hydrogen-bond acceptors (Lipinski definition) is 3. The molecule has 1 unspecified atom stereocenters. The molecular formula is C21H19ClN2O2S. The summed E-state index contributed by atoms with van der Waals surface area (Å²) in [6, 6.07) is 15.2. The Morgan fingerprint density at radius 1 is 1.15 bits per heavy atom. The molecule has 2 aromatic rings. The Balaban J connectivity index is 1.58. The maximum atomic E-state index is 12.5. The summed E-state index contributed by atoms with van der Waals surface area (Å²) in [5.74, 6) is 0.915. The molecule has 2 aromatic carbocycles. The number of hydrogen-bond donors (Lipinski definition) is 2. The van der Waals surface area contributed by atoms with Crippen LogP contribution in [0.5, 0.6) is 5.75 Å². The summed E-state index contributed by atoms with van der Waals surface area (Å²) in [4.78, 5) is 12.5. The lowest BCUT2D eigenvalue weighted by molar-refractivity contribution is -0.116. The highest BCUT2D eigenvalue weighted by Gasteiger charge is 2.33. The average Bonchev–Trinajstić information content (AvgIpc) is 2.66. The fraction of sp³-hybridized carbons (Fsp3) is 0.238. The number of carbonyl (C=O) groups excluding carboxylic acids is 1. The molecule has 0 bridgehead atoms. The van der Waals surface area contributed by atoms with E-state index in [1.54, 1.807) is 0 Å². The molecule has 6 heteroatoms. The minimum atomic E-state index is -0.240. The summed E-state index contributed by atoms with van der Waals surface area (Å²) in [6.45, 7) is 0.426. The molecule has 0 spiro atoms. The summed E-state index contributed by atoms with van der Waals surface area (Å²) in [7, 11) is 0. The van der Waals surface area contributed by atoms with Gasteiger partial charge in [-0.2, -0.15) is 0 Å². The molecule has 138 valence electrons. The quantitative estimate of drug-likeness (QED) is 0.745. The molecule has 27 heavy (non-hydrogen) atoms. The first-order valence-corrected chi connectivity index (χ1v) is 9.70. The first-order valence-electron chi connectivity index (χ1n) is 8.91. The highest BCUT2D eigenvalue weighted by atomic mass is 35.5. The number of ether oxygens (including phenoxy) is 1. The number of nitrogens with one attached hydrogen (secondary N) is 2. The lowest BCUT2D eigenvalue weighted by Gasteiger charge is -2.33. The second-order valence-electron chi connectivity index (χ2n) is 6.69. The molecule has 4 rings (SSSR count). The SMILES string of the molecule is O=C1CCCC2=C1C(c1cccc(OCc3cccc(Cl)c3)c1)NC(=S)N2. The van der Waals surface area contributed by atoms with Crippen molar-refractivity contribution in [3.63, 3.8) is 0 Å². The van der Waals surface area contributed by atoms with Crippen LogP contribution in [0.1, 0.15) is 36.4 Å². The van der Waals surface area contributed by atoms with Crippen LogP contribution < -0.4 is 15.4 Å². The second kappa shape index (κ2) is 7.71. The van der Waals surface area contributed by atoms with Gasteiger partial charge in [-0.1, -0.05) is 35.9 Å². The van der Waals surface area contributed by atoms with Gasteiger partial charge in [0.15, 0.2) is 10.9 Å². The molecule has 0 radical (unpaired) electrons. The molecule has 0 amide bonds. The fourth-order valence-corrected chi connectivity index (χ4v) is 3.99. The number of thiocarbonyl (C=S) groups is 1. The van der Waals surface area contributed by atoms with Gasteiger partial charge in [-0.3, -0.25) is 4.79 Å². The molecule has 1 aliphatic heterocycles. The van der Waals surface area contributed by atoms with E-state index in [1.807, 2.05) is 48.5 Å². The van der Waals surface area contributed by atoms with Crippen LogP contribution in [0, 0.1) is 0 Å². The normalized spacial score (nSPS) is 19.2. The van der Waals surface area contributed by atoms with Crippen LogP contribution in [0.4, 0.5) is 0 Å². The van der Waals surface area contributed by atoms with E-state index in [4.69, 9.17) is 28.6 Å². The van der Waals surface area contributed by atoms with Gasteiger partial charge in [-0.25, -0.2) is 0 Å². The minimum Gasteiger partial charge on any atom is -0.489 e. The Hall–Kier alpha value is -2.37. The van der Waals surface area contributed by atoms with Crippen molar-refractivity contribution in [2.75, 3.05) is 0 Å². The van der Waals surface area contributed by atoms with Gasteiger partial charge in [-0.15, -0.1) is 0 Å². The number of benzene rings is 2. The Labute approximate surface area is 168 Å². The summed E-state index contributed by atoms with van der Waals surface area (Å²) >= 11 is 11.4. The van der Waals surface area contributed by atoms with E-state index in [0.29, 0.717) is 23.2 Å². The Bertz CT molecular complexity index is 941. The van der Waals surface area contributed by atoms with Gasteiger partial charge < -0.3 is 15.4 Å². The monoisotopic (exact) mass is 398 g/mol. The van der Waals surface area contributed by atoms with Gasteiger partial charge in [0.2, 0.25) is 0 Å². The fourth-order valence-electron chi connectivity index (χ4n) is 3.53. The molecule has 2 aliphatic rings. The third kappa shape index (κ3) is 3.99. The molecular weight excluding hydrogens is 380 g/mol. The zero-order valence-electron chi connectivity index (χ0n) is 14.6. The number of allylic oxidation sites excluding steroid dienone is 1. The predicted octanol–water partition coefficient (Wildman–Crippen LogP) is 4.44. The summed E-state index contributed by atoms with van der Waals surface area (Å²) < 4.78 is 5.93. The number of Topliss-reactive ketones (excluding diaryl/α,β-unsaturated/α-hetero) is 1. The van der Waals surface area contributed by atoms with Crippen molar-refractivity contribution in [1.82, 2.24) is 10.6 Å². The van der Waals surface area contributed by atoms with Crippen LogP contribution in [-0.4, -0.2) is 10.9 Å². The highest BCUT2D eigenvalue weighted by Crippen LogP contribution is 2.34. The van der Waals surface area contributed by atoms with Crippen LogP contribution in [0.2, 0.25) is 5.02 Å². The van der Waals surface area contributed by atoms with E-state index in [1.165, 1.54) is 0 Å². The van der Waals surface area contributed by atoms with Crippen molar-refractivity contribution in [2.45, 2.75) is 31.9 Å². The van der Waals surface area contributed by atoms with Crippen LogP contribution in [-0.2, 0) is 11.4 Å². The van der Waals surface area contributed by atoms with Gasteiger partial charge in [0.1, 0.15) is 12.4 Å². The van der Waals surface area contributed by atoms with Crippen molar-refractivity contribution in [1.29, 1.82) is 0 Å². The minimum absolute atomic E-state index is 0.175. The first-order chi connectivity index (χ1) is 13.1. The van der Waals surface area contributed by atoms with Gasteiger partial charge >= 0.3 is 0 Å². The van der Waals surface area contributed by atoms with E-state index in [9.17, 15) is 4.79 Å². The molecule has 1 aliphatic carbocycles. The molecule has 0 saturated heterocycles.